The van der Waals surface area contributed by atoms with Crippen molar-refractivity contribution in [1.29, 1.82) is 0 Å². The minimum Gasteiger partial charge on any atom is -0.452 e. The number of benzene rings is 2. The third-order valence-electron chi connectivity index (χ3n) is 3.54. The maximum atomic E-state index is 12.0. The van der Waals surface area contributed by atoms with Crippen molar-refractivity contribution in [2.45, 2.75) is 25.8 Å². The van der Waals surface area contributed by atoms with Gasteiger partial charge in [0, 0.05) is 9.61 Å². The molecule has 4 nitrogen and oxygen atoms in total. The fourth-order valence-electron chi connectivity index (χ4n) is 2.25. The van der Waals surface area contributed by atoms with E-state index < -0.39 is 5.97 Å². The van der Waals surface area contributed by atoms with Crippen LogP contribution in [0, 0.1) is 3.57 Å². The van der Waals surface area contributed by atoms with Gasteiger partial charge in [-0.25, -0.2) is 4.79 Å². The van der Waals surface area contributed by atoms with Crippen LogP contribution in [0.2, 0.25) is 0 Å². The summed E-state index contributed by atoms with van der Waals surface area (Å²) in [5, 5.41) is 2.85. The Morgan fingerprint density at radius 2 is 1.75 bits per heavy atom. The molecule has 0 aromatic heterocycles. The van der Waals surface area contributed by atoms with Crippen LogP contribution in [0.5, 0.6) is 0 Å². The van der Waals surface area contributed by atoms with Gasteiger partial charge >= 0.3 is 5.97 Å². The van der Waals surface area contributed by atoms with E-state index >= 15 is 0 Å². The number of rotatable bonds is 7. The fraction of sp³-hybridized carbons (Fsp3) is 0.263. The van der Waals surface area contributed by atoms with Crippen LogP contribution in [0.15, 0.2) is 54.6 Å². The van der Waals surface area contributed by atoms with E-state index in [-0.39, 0.29) is 18.6 Å². The summed E-state index contributed by atoms with van der Waals surface area (Å²) in [5.74, 6) is -0.762. The first-order chi connectivity index (χ1) is 11.6. The molecule has 0 aliphatic carbocycles. The molecule has 2 aromatic rings. The Bertz CT molecular complexity index is 688. The van der Waals surface area contributed by atoms with Crippen LogP contribution in [0.4, 0.5) is 0 Å². The van der Waals surface area contributed by atoms with Gasteiger partial charge < -0.3 is 10.1 Å². The van der Waals surface area contributed by atoms with Gasteiger partial charge in [0.1, 0.15) is 0 Å². The van der Waals surface area contributed by atoms with E-state index in [1.165, 1.54) is 5.56 Å². The first kappa shape index (κ1) is 18.4. The number of ether oxygens (including phenoxy) is 1. The zero-order chi connectivity index (χ0) is 17.4. The maximum absolute atomic E-state index is 12.0. The van der Waals surface area contributed by atoms with Crippen LogP contribution in [0.3, 0.4) is 0 Å². The van der Waals surface area contributed by atoms with Crippen LogP contribution in [-0.2, 0) is 16.0 Å². The van der Waals surface area contributed by atoms with Crippen LogP contribution < -0.4 is 5.32 Å². The number of nitrogens with one attached hydrogen (secondary N) is 1. The molecule has 1 N–H and O–H groups in total. The van der Waals surface area contributed by atoms with Crippen molar-refractivity contribution >= 4 is 34.5 Å². The topological polar surface area (TPSA) is 55.4 Å². The highest BCUT2D eigenvalue weighted by Crippen LogP contribution is 2.12. The van der Waals surface area contributed by atoms with Crippen molar-refractivity contribution in [2.24, 2.45) is 0 Å². The Hall–Kier alpha value is -1.89. The standard InChI is InChI=1S/C19H20INO3/c1-14(11-12-15-7-3-2-4-8-15)21-18(22)13-24-19(23)16-9-5-6-10-17(16)20/h2-10,14H,11-13H2,1H3,(H,21,22)/t14-/m1/s1. The molecule has 126 valence electrons. The van der Waals surface area contributed by atoms with Crippen LogP contribution in [-0.4, -0.2) is 24.5 Å². The SMILES string of the molecule is C[C@H](CCc1ccccc1)NC(=O)COC(=O)c1ccccc1I. The molecule has 2 rings (SSSR count). The van der Waals surface area contributed by atoms with E-state index in [0.717, 1.165) is 16.4 Å². The first-order valence-corrected chi connectivity index (χ1v) is 8.89. The number of esters is 1. The average Bonchev–Trinajstić information content (AvgIpc) is 2.59. The van der Waals surface area contributed by atoms with E-state index in [1.807, 2.05) is 37.3 Å². The van der Waals surface area contributed by atoms with Gasteiger partial charge in [-0.1, -0.05) is 42.5 Å². The minimum absolute atomic E-state index is 0.0215. The van der Waals surface area contributed by atoms with E-state index in [9.17, 15) is 9.59 Å². The monoisotopic (exact) mass is 437 g/mol. The molecule has 0 radical (unpaired) electrons. The number of hydrogen-bond acceptors (Lipinski definition) is 3. The first-order valence-electron chi connectivity index (χ1n) is 7.81. The molecule has 24 heavy (non-hydrogen) atoms. The van der Waals surface area contributed by atoms with Crippen molar-refractivity contribution in [3.63, 3.8) is 0 Å². The van der Waals surface area contributed by atoms with Gasteiger partial charge in [-0.2, -0.15) is 0 Å². The molecule has 0 fully saturated rings. The number of halogens is 1. The summed E-state index contributed by atoms with van der Waals surface area (Å²) in [6.45, 7) is 1.68. The van der Waals surface area contributed by atoms with Gasteiger partial charge in [0.25, 0.3) is 5.91 Å². The molecule has 0 saturated carbocycles. The highest BCUT2D eigenvalue weighted by molar-refractivity contribution is 14.1. The zero-order valence-corrected chi connectivity index (χ0v) is 15.7. The minimum atomic E-state index is -0.480. The molecule has 0 bridgehead atoms. The molecule has 5 heteroatoms. The molecule has 0 aliphatic rings. The van der Waals surface area contributed by atoms with Crippen LogP contribution in [0.25, 0.3) is 0 Å². The summed E-state index contributed by atoms with van der Waals surface area (Å²) < 4.78 is 5.88. The number of carbonyl (C=O) groups is 2. The Balaban J connectivity index is 1.72. The van der Waals surface area contributed by atoms with E-state index in [0.29, 0.717) is 5.56 Å². The second kappa shape index (κ2) is 9.42. The summed E-state index contributed by atoms with van der Waals surface area (Å²) >= 11 is 2.07. The summed E-state index contributed by atoms with van der Waals surface area (Å²) in [4.78, 5) is 23.9. The number of carbonyl (C=O) groups excluding carboxylic acids is 2. The lowest BCUT2D eigenvalue weighted by Gasteiger charge is -2.14. The maximum Gasteiger partial charge on any atom is 0.339 e. The molecule has 0 unspecified atom stereocenters. The Morgan fingerprint density at radius 1 is 1.08 bits per heavy atom. The van der Waals surface area contributed by atoms with Crippen molar-refractivity contribution < 1.29 is 14.3 Å². The largest absolute Gasteiger partial charge is 0.452 e. The number of hydrogen-bond donors (Lipinski definition) is 1. The second-order valence-electron chi connectivity index (χ2n) is 5.55. The summed E-state index contributed by atoms with van der Waals surface area (Å²) in [6, 6.07) is 17.3. The highest BCUT2D eigenvalue weighted by atomic mass is 127. The molecule has 2 aromatic carbocycles. The zero-order valence-electron chi connectivity index (χ0n) is 13.5. The predicted octanol–water partition coefficient (Wildman–Crippen LogP) is 3.59. The number of aryl methyl sites for hydroxylation is 1. The molecule has 1 atom stereocenters. The van der Waals surface area contributed by atoms with Gasteiger partial charge in [-0.3, -0.25) is 4.79 Å². The fourth-order valence-corrected chi connectivity index (χ4v) is 2.86. The van der Waals surface area contributed by atoms with Gasteiger partial charge in [-0.15, -0.1) is 0 Å². The number of amides is 1. The summed E-state index contributed by atoms with van der Waals surface area (Å²) in [6.07, 6.45) is 1.73. The third kappa shape index (κ3) is 5.96. The lowest BCUT2D eigenvalue weighted by molar-refractivity contribution is -0.124. The van der Waals surface area contributed by atoms with Crippen molar-refractivity contribution in [2.75, 3.05) is 6.61 Å². The average molecular weight is 437 g/mol. The van der Waals surface area contributed by atoms with Crippen molar-refractivity contribution in [3.05, 3.63) is 69.3 Å². The second-order valence-corrected chi connectivity index (χ2v) is 6.71. The van der Waals surface area contributed by atoms with Gasteiger partial charge in [0.15, 0.2) is 6.61 Å². The molecule has 0 heterocycles. The van der Waals surface area contributed by atoms with Crippen LogP contribution in [0.1, 0.15) is 29.3 Å². The smallest absolute Gasteiger partial charge is 0.339 e. The predicted molar refractivity (Wildman–Crippen MR) is 102 cm³/mol. The Kier molecular flexibility index (Phi) is 7.24. The van der Waals surface area contributed by atoms with Crippen LogP contribution >= 0.6 is 22.6 Å². The molecule has 0 aliphatic heterocycles. The molecular formula is C19H20INO3. The van der Waals surface area contributed by atoms with Gasteiger partial charge in [0.2, 0.25) is 0 Å². The molecule has 0 saturated heterocycles. The van der Waals surface area contributed by atoms with Crippen molar-refractivity contribution in [3.8, 4) is 0 Å². The molecule has 0 spiro atoms. The lowest BCUT2D eigenvalue weighted by Crippen LogP contribution is -2.36. The normalized spacial score (nSPS) is 11.6. The summed E-state index contributed by atoms with van der Waals surface area (Å²) in [7, 11) is 0. The van der Waals surface area contributed by atoms with E-state index in [1.54, 1.807) is 12.1 Å². The quantitative estimate of drug-likeness (QED) is 0.532. The molecule has 1 amide bonds. The third-order valence-corrected chi connectivity index (χ3v) is 4.49. The van der Waals surface area contributed by atoms with E-state index in [2.05, 4.69) is 40.0 Å². The Labute approximate surface area is 155 Å². The highest BCUT2D eigenvalue weighted by Gasteiger charge is 2.14. The van der Waals surface area contributed by atoms with Crippen molar-refractivity contribution in [1.82, 2.24) is 5.32 Å². The Morgan fingerprint density at radius 3 is 2.46 bits per heavy atom. The van der Waals surface area contributed by atoms with E-state index in [4.69, 9.17) is 4.74 Å². The van der Waals surface area contributed by atoms with Gasteiger partial charge in [0.05, 0.1) is 5.56 Å². The lowest BCUT2D eigenvalue weighted by atomic mass is 10.1. The summed E-state index contributed by atoms with van der Waals surface area (Å²) in [5.41, 5.74) is 1.71. The van der Waals surface area contributed by atoms with Gasteiger partial charge in [-0.05, 0) is 60.1 Å². The molecular weight excluding hydrogens is 417 g/mol.